The SMILES string of the molecule is CCc1cc(C(=O)NCCCCI)n(C)n1. The van der Waals surface area contributed by atoms with Crippen molar-refractivity contribution in [1.29, 1.82) is 0 Å². The number of rotatable bonds is 6. The minimum atomic E-state index is -0.0249. The number of hydrogen-bond acceptors (Lipinski definition) is 2. The maximum absolute atomic E-state index is 11.8. The molecule has 1 amide bonds. The molecule has 0 unspecified atom stereocenters. The molecular weight excluding hydrogens is 317 g/mol. The molecule has 0 aromatic carbocycles. The molecule has 0 fully saturated rings. The van der Waals surface area contributed by atoms with Gasteiger partial charge in [-0.25, -0.2) is 0 Å². The van der Waals surface area contributed by atoms with Crippen molar-refractivity contribution in [3.8, 4) is 0 Å². The van der Waals surface area contributed by atoms with Gasteiger partial charge in [0.05, 0.1) is 5.69 Å². The molecule has 4 nitrogen and oxygen atoms in total. The van der Waals surface area contributed by atoms with Crippen LogP contribution in [-0.2, 0) is 13.5 Å². The van der Waals surface area contributed by atoms with Gasteiger partial charge in [0.15, 0.2) is 0 Å². The smallest absolute Gasteiger partial charge is 0.269 e. The van der Waals surface area contributed by atoms with Crippen molar-refractivity contribution in [2.45, 2.75) is 26.2 Å². The minimum absolute atomic E-state index is 0.0249. The molecule has 0 aliphatic rings. The van der Waals surface area contributed by atoms with Gasteiger partial charge in [0, 0.05) is 13.6 Å². The Hall–Kier alpha value is -0.590. The first-order valence-electron chi connectivity index (χ1n) is 5.56. The molecule has 1 rings (SSSR count). The summed E-state index contributed by atoms with van der Waals surface area (Å²) >= 11 is 2.34. The number of carbonyl (C=O) groups excluding carboxylic acids is 1. The van der Waals surface area contributed by atoms with Crippen molar-refractivity contribution in [1.82, 2.24) is 15.1 Å². The van der Waals surface area contributed by atoms with Crippen LogP contribution in [0.3, 0.4) is 0 Å². The van der Waals surface area contributed by atoms with Gasteiger partial charge >= 0.3 is 0 Å². The van der Waals surface area contributed by atoms with E-state index in [1.165, 1.54) is 0 Å². The highest BCUT2D eigenvalue weighted by atomic mass is 127. The van der Waals surface area contributed by atoms with Crippen LogP contribution in [0, 0.1) is 0 Å². The molecule has 0 saturated heterocycles. The van der Waals surface area contributed by atoms with E-state index in [0.717, 1.165) is 35.9 Å². The number of nitrogens with one attached hydrogen (secondary N) is 1. The molecule has 0 spiro atoms. The Balaban J connectivity index is 2.49. The summed E-state index contributed by atoms with van der Waals surface area (Å²) in [4.78, 5) is 11.8. The number of alkyl halides is 1. The zero-order valence-electron chi connectivity index (χ0n) is 9.79. The van der Waals surface area contributed by atoms with E-state index in [0.29, 0.717) is 5.69 Å². The predicted octanol–water partition coefficient (Wildman–Crippen LogP) is 1.93. The lowest BCUT2D eigenvalue weighted by molar-refractivity contribution is 0.0944. The van der Waals surface area contributed by atoms with E-state index in [1.807, 2.05) is 13.0 Å². The van der Waals surface area contributed by atoms with E-state index in [1.54, 1.807) is 11.7 Å². The average molecular weight is 335 g/mol. The van der Waals surface area contributed by atoms with Crippen LogP contribution in [0.15, 0.2) is 6.07 Å². The van der Waals surface area contributed by atoms with E-state index in [2.05, 4.69) is 33.0 Å². The van der Waals surface area contributed by atoms with Gasteiger partial charge in [-0.1, -0.05) is 29.5 Å². The third kappa shape index (κ3) is 3.77. The van der Waals surface area contributed by atoms with E-state index in [4.69, 9.17) is 0 Å². The third-order valence-electron chi connectivity index (χ3n) is 2.37. The first kappa shape index (κ1) is 13.5. The largest absolute Gasteiger partial charge is 0.351 e. The Morgan fingerprint density at radius 3 is 2.88 bits per heavy atom. The van der Waals surface area contributed by atoms with Crippen LogP contribution in [0.25, 0.3) is 0 Å². The summed E-state index contributed by atoms with van der Waals surface area (Å²) in [6.45, 7) is 2.78. The van der Waals surface area contributed by atoms with Gasteiger partial charge in [-0.15, -0.1) is 0 Å². The summed E-state index contributed by atoms with van der Waals surface area (Å²) < 4.78 is 2.78. The van der Waals surface area contributed by atoms with Gasteiger partial charge in [0.1, 0.15) is 5.69 Å². The zero-order valence-corrected chi connectivity index (χ0v) is 12.0. The van der Waals surface area contributed by atoms with Crippen molar-refractivity contribution in [3.63, 3.8) is 0 Å². The Kier molecular flexibility index (Phi) is 5.79. The zero-order chi connectivity index (χ0) is 12.0. The van der Waals surface area contributed by atoms with Crippen LogP contribution in [0.1, 0.15) is 35.9 Å². The van der Waals surface area contributed by atoms with Gasteiger partial charge in [-0.05, 0) is 29.8 Å². The number of nitrogens with zero attached hydrogens (tertiary/aromatic N) is 2. The maximum atomic E-state index is 11.8. The molecule has 16 heavy (non-hydrogen) atoms. The summed E-state index contributed by atoms with van der Waals surface area (Å²) in [7, 11) is 1.80. The number of aryl methyl sites for hydroxylation is 2. The van der Waals surface area contributed by atoms with Gasteiger partial charge in [0.2, 0.25) is 0 Å². The van der Waals surface area contributed by atoms with Crippen LogP contribution in [-0.4, -0.2) is 26.7 Å². The number of carbonyl (C=O) groups is 1. The van der Waals surface area contributed by atoms with Crippen molar-refractivity contribution < 1.29 is 4.79 Å². The number of hydrogen-bond donors (Lipinski definition) is 1. The quantitative estimate of drug-likeness (QED) is 0.491. The first-order valence-corrected chi connectivity index (χ1v) is 7.08. The lowest BCUT2D eigenvalue weighted by atomic mass is 10.3. The fourth-order valence-corrected chi connectivity index (χ4v) is 1.96. The standard InChI is InChI=1S/C11H18IN3O/c1-3-9-8-10(15(2)14-9)11(16)13-7-5-4-6-12/h8H,3-7H2,1-2H3,(H,13,16). The Bertz CT molecular complexity index is 349. The lowest BCUT2D eigenvalue weighted by Crippen LogP contribution is -2.26. The molecule has 0 radical (unpaired) electrons. The highest BCUT2D eigenvalue weighted by molar-refractivity contribution is 14.1. The molecule has 1 aromatic heterocycles. The molecule has 1 heterocycles. The minimum Gasteiger partial charge on any atom is -0.351 e. The summed E-state index contributed by atoms with van der Waals surface area (Å²) in [5.41, 5.74) is 1.60. The highest BCUT2D eigenvalue weighted by Crippen LogP contribution is 2.03. The molecule has 0 aliphatic carbocycles. The van der Waals surface area contributed by atoms with Gasteiger partial charge in [-0.2, -0.15) is 5.10 Å². The summed E-state index contributed by atoms with van der Waals surface area (Å²) in [5.74, 6) is -0.0249. The monoisotopic (exact) mass is 335 g/mol. The molecule has 1 N–H and O–H groups in total. The molecule has 0 aliphatic heterocycles. The normalized spacial score (nSPS) is 10.4. The van der Waals surface area contributed by atoms with Gasteiger partial charge in [0.25, 0.3) is 5.91 Å². The second-order valence-electron chi connectivity index (χ2n) is 3.65. The van der Waals surface area contributed by atoms with Crippen LogP contribution in [0.2, 0.25) is 0 Å². The molecule has 1 aromatic rings. The summed E-state index contributed by atoms with van der Waals surface area (Å²) in [6.07, 6.45) is 3.04. The highest BCUT2D eigenvalue weighted by Gasteiger charge is 2.11. The molecule has 90 valence electrons. The lowest BCUT2D eigenvalue weighted by Gasteiger charge is -2.03. The molecule has 0 atom stereocenters. The Morgan fingerprint density at radius 2 is 2.31 bits per heavy atom. The van der Waals surface area contributed by atoms with Crippen molar-refractivity contribution in [2.75, 3.05) is 11.0 Å². The molecular formula is C11H18IN3O. The van der Waals surface area contributed by atoms with Crippen LogP contribution < -0.4 is 5.32 Å². The fraction of sp³-hybridized carbons (Fsp3) is 0.636. The summed E-state index contributed by atoms with van der Waals surface area (Å²) in [6, 6.07) is 1.85. The van der Waals surface area contributed by atoms with E-state index < -0.39 is 0 Å². The van der Waals surface area contributed by atoms with Gasteiger partial charge < -0.3 is 5.32 Å². The summed E-state index contributed by atoms with van der Waals surface area (Å²) in [5, 5.41) is 7.16. The number of unbranched alkanes of at least 4 members (excludes halogenated alkanes) is 1. The average Bonchev–Trinajstić information content (AvgIpc) is 2.66. The van der Waals surface area contributed by atoms with Gasteiger partial charge in [-0.3, -0.25) is 9.48 Å². The molecule has 5 heteroatoms. The van der Waals surface area contributed by atoms with Crippen molar-refractivity contribution in [2.24, 2.45) is 7.05 Å². The fourth-order valence-electron chi connectivity index (χ4n) is 1.42. The van der Waals surface area contributed by atoms with Crippen molar-refractivity contribution >= 4 is 28.5 Å². The predicted molar refractivity (Wildman–Crippen MR) is 73.0 cm³/mol. The number of amides is 1. The Labute approximate surface area is 110 Å². The van der Waals surface area contributed by atoms with Crippen molar-refractivity contribution in [3.05, 3.63) is 17.5 Å². The number of aromatic nitrogens is 2. The maximum Gasteiger partial charge on any atom is 0.269 e. The van der Waals surface area contributed by atoms with Crippen LogP contribution in [0.4, 0.5) is 0 Å². The van der Waals surface area contributed by atoms with Crippen LogP contribution in [0.5, 0.6) is 0 Å². The van der Waals surface area contributed by atoms with Crippen LogP contribution >= 0.6 is 22.6 Å². The first-order chi connectivity index (χ1) is 7.69. The second-order valence-corrected chi connectivity index (χ2v) is 4.73. The van der Waals surface area contributed by atoms with E-state index >= 15 is 0 Å². The number of halogens is 1. The molecule has 0 saturated carbocycles. The molecule has 0 bridgehead atoms. The second kappa shape index (κ2) is 6.88. The third-order valence-corrected chi connectivity index (χ3v) is 3.13. The van der Waals surface area contributed by atoms with E-state index in [9.17, 15) is 4.79 Å². The van der Waals surface area contributed by atoms with E-state index in [-0.39, 0.29) is 5.91 Å². The topological polar surface area (TPSA) is 46.9 Å². The Morgan fingerprint density at radius 1 is 1.56 bits per heavy atom.